The van der Waals surface area contributed by atoms with Gasteiger partial charge in [0.25, 0.3) is 0 Å². The first-order valence-electron chi connectivity index (χ1n) is 8.19. The van der Waals surface area contributed by atoms with Crippen LogP contribution in [0.25, 0.3) is 0 Å². The highest BCUT2D eigenvalue weighted by Crippen LogP contribution is 2.35. The molecule has 3 nitrogen and oxygen atoms in total. The molecule has 2 unspecified atom stereocenters. The molecule has 1 fully saturated rings. The van der Waals surface area contributed by atoms with E-state index in [0.717, 1.165) is 12.3 Å². The van der Waals surface area contributed by atoms with Gasteiger partial charge in [-0.2, -0.15) is 0 Å². The number of hydrogen-bond donors (Lipinski definition) is 1. The van der Waals surface area contributed by atoms with Gasteiger partial charge in [0.2, 0.25) is 0 Å². The molecule has 1 aliphatic rings. The quantitative estimate of drug-likeness (QED) is 0.898. The number of methoxy groups -OCH3 is 1. The number of rotatable bonds is 5. The number of likely N-dealkylation sites (tertiary alicyclic amines) is 1. The molecule has 2 rings (SSSR count). The molecule has 1 heterocycles. The molecular formula is C18H30N2O. The van der Waals surface area contributed by atoms with Crippen molar-refractivity contribution in [2.24, 2.45) is 5.92 Å². The molecule has 0 bridgehead atoms. The molecule has 0 radical (unpaired) electrons. The summed E-state index contributed by atoms with van der Waals surface area (Å²) in [7, 11) is 4.01. The van der Waals surface area contributed by atoms with Gasteiger partial charge in [-0.05, 0) is 50.0 Å². The summed E-state index contributed by atoms with van der Waals surface area (Å²) in [6.45, 7) is 6.71. The van der Waals surface area contributed by atoms with E-state index in [2.05, 4.69) is 49.3 Å². The van der Waals surface area contributed by atoms with E-state index >= 15 is 0 Å². The van der Waals surface area contributed by atoms with Gasteiger partial charge in [0, 0.05) is 18.6 Å². The Balaban J connectivity index is 2.22. The first kappa shape index (κ1) is 16.3. The van der Waals surface area contributed by atoms with Crippen LogP contribution < -0.4 is 10.1 Å². The van der Waals surface area contributed by atoms with Crippen LogP contribution in [0.1, 0.15) is 44.7 Å². The minimum Gasteiger partial charge on any atom is -0.497 e. The van der Waals surface area contributed by atoms with Gasteiger partial charge in [-0.15, -0.1) is 0 Å². The molecule has 0 aliphatic carbocycles. The Hall–Kier alpha value is -1.06. The van der Waals surface area contributed by atoms with Crippen LogP contribution in [0.2, 0.25) is 0 Å². The maximum absolute atomic E-state index is 5.41. The van der Waals surface area contributed by atoms with Gasteiger partial charge in [0.1, 0.15) is 5.75 Å². The maximum Gasteiger partial charge on any atom is 0.119 e. The second-order valence-electron chi connectivity index (χ2n) is 6.52. The molecule has 21 heavy (non-hydrogen) atoms. The lowest BCUT2D eigenvalue weighted by Crippen LogP contribution is -2.37. The van der Waals surface area contributed by atoms with E-state index in [0.29, 0.717) is 18.0 Å². The van der Waals surface area contributed by atoms with Crippen LogP contribution >= 0.6 is 0 Å². The van der Waals surface area contributed by atoms with Crippen LogP contribution in [-0.2, 0) is 0 Å². The van der Waals surface area contributed by atoms with Gasteiger partial charge in [-0.1, -0.05) is 32.4 Å². The average molecular weight is 290 g/mol. The van der Waals surface area contributed by atoms with Crippen LogP contribution in [0.15, 0.2) is 24.3 Å². The summed E-state index contributed by atoms with van der Waals surface area (Å²) in [5, 5.41) is 3.63. The van der Waals surface area contributed by atoms with Crippen LogP contribution in [0, 0.1) is 5.92 Å². The summed E-state index contributed by atoms with van der Waals surface area (Å²) < 4.78 is 5.41. The van der Waals surface area contributed by atoms with E-state index in [1.165, 1.54) is 31.4 Å². The predicted octanol–water partition coefficient (Wildman–Crippen LogP) is 3.47. The third kappa shape index (κ3) is 4.45. The molecule has 2 atom stereocenters. The molecule has 0 aromatic heterocycles. The Morgan fingerprint density at radius 3 is 2.86 bits per heavy atom. The highest BCUT2D eigenvalue weighted by atomic mass is 16.5. The fourth-order valence-electron chi connectivity index (χ4n) is 3.38. The van der Waals surface area contributed by atoms with Crippen molar-refractivity contribution in [1.82, 2.24) is 10.2 Å². The van der Waals surface area contributed by atoms with Crippen molar-refractivity contribution in [1.29, 1.82) is 0 Å². The fraction of sp³-hybridized carbons (Fsp3) is 0.667. The minimum absolute atomic E-state index is 0.480. The Morgan fingerprint density at radius 2 is 2.14 bits per heavy atom. The van der Waals surface area contributed by atoms with Gasteiger partial charge in [-0.3, -0.25) is 4.90 Å². The van der Waals surface area contributed by atoms with E-state index < -0.39 is 0 Å². The Bertz CT molecular complexity index is 433. The maximum atomic E-state index is 5.41. The number of hydrogen-bond acceptors (Lipinski definition) is 3. The SMILES string of the molecule is COc1cccc(C2C(CNC(C)C)CCCCN2C)c1. The second kappa shape index (κ2) is 7.81. The first-order valence-corrected chi connectivity index (χ1v) is 8.19. The topological polar surface area (TPSA) is 24.5 Å². The normalized spacial score (nSPS) is 24.0. The molecule has 0 spiro atoms. The molecule has 3 heteroatoms. The summed E-state index contributed by atoms with van der Waals surface area (Å²) in [6.07, 6.45) is 3.93. The molecule has 1 aromatic rings. The van der Waals surface area contributed by atoms with Gasteiger partial charge in [0.15, 0.2) is 0 Å². The highest BCUT2D eigenvalue weighted by molar-refractivity contribution is 5.31. The summed E-state index contributed by atoms with van der Waals surface area (Å²) in [5.74, 6) is 1.62. The van der Waals surface area contributed by atoms with Crippen molar-refractivity contribution in [2.45, 2.75) is 45.2 Å². The lowest BCUT2D eigenvalue weighted by atomic mass is 9.89. The van der Waals surface area contributed by atoms with Crippen LogP contribution in [0.4, 0.5) is 0 Å². The van der Waals surface area contributed by atoms with Crippen molar-refractivity contribution in [3.63, 3.8) is 0 Å². The average Bonchev–Trinajstić information content (AvgIpc) is 2.66. The molecule has 118 valence electrons. The van der Waals surface area contributed by atoms with Gasteiger partial charge >= 0.3 is 0 Å². The summed E-state index contributed by atoms with van der Waals surface area (Å²) >= 11 is 0. The zero-order chi connectivity index (χ0) is 15.2. The van der Waals surface area contributed by atoms with Crippen LogP contribution in [0.5, 0.6) is 5.75 Å². The van der Waals surface area contributed by atoms with E-state index in [-0.39, 0.29) is 0 Å². The Kier molecular flexibility index (Phi) is 6.07. The van der Waals surface area contributed by atoms with Crippen LogP contribution in [-0.4, -0.2) is 38.2 Å². The van der Waals surface area contributed by atoms with E-state index in [9.17, 15) is 0 Å². The van der Waals surface area contributed by atoms with Crippen molar-refractivity contribution in [2.75, 3.05) is 27.2 Å². The minimum atomic E-state index is 0.480. The molecule has 0 saturated carbocycles. The third-order valence-corrected chi connectivity index (χ3v) is 4.48. The summed E-state index contributed by atoms with van der Waals surface area (Å²) in [5.41, 5.74) is 1.38. The summed E-state index contributed by atoms with van der Waals surface area (Å²) in [4.78, 5) is 2.52. The van der Waals surface area contributed by atoms with Crippen LogP contribution in [0.3, 0.4) is 0 Å². The lowest BCUT2D eigenvalue weighted by molar-refractivity contribution is 0.187. The highest BCUT2D eigenvalue weighted by Gasteiger charge is 2.29. The zero-order valence-electron chi connectivity index (χ0n) is 13.9. The van der Waals surface area contributed by atoms with Crippen molar-refractivity contribution >= 4 is 0 Å². The molecule has 1 N–H and O–H groups in total. The van der Waals surface area contributed by atoms with Crippen molar-refractivity contribution < 1.29 is 4.74 Å². The predicted molar refractivity (Wildman–Crippen MR) is 88.8 cm³/mol. The smallest absolute Gasteiger partial charge is 0.119 e. The Morgan fingerprint density at radius 1 is 1.33 bits per heavy atom. The van der Waals surface area contributed by atoms with Gasteiger partial charge < -0.3 is 10.1 Å². The van der Waals surface area contributed by atoms with E-state index in [1.807, 2.05) is 6.07 Å². The molecule has 1 saturated heterocycles. The zero-order valence-corrected chi connectivity index (χ0v) is 13.9. The molecular weight excluding hydrogens is 260 g/mol. The van der Waals surface area contributed by atoms with Gasteiger partial charge in [0.05, 0.1) is 7.11 Å². The third-order valence-electron chi connectivity index (χ3n) is 4.48. The monoisotopic (exact) mass is 290 g/mol. The standard InChI is InChI=1S/C18H30N2O/c1-14(2)19-13-16-8-5-6-11-20(3)18(16)15-9-7-10-17(12-15)21-4/h7,9-10,12,14,16,18-19H,5-6,8,11,13H2,1-4H3. The first-order chi connectivity index (χ1) is 10.1. The summed E-state index contributed by atoms with van der Waals surface area (Å²) in [6, 6.07) is 9.62. The van der Waals surface area contributed by atoms with Crippen molar-refractivity contribution in [3.8, 4) is 5.75 Å². The molecule has 1 aliphatic heterocycles. The number of benzene rings is 1. The molecule has 0 amide bonds. The van der Waals surface area contributed by atoms with Gasteiger partial charge in [-0.25, -0.2) is 0 Å². The number of nitrogens with zero attached hydrogens (tertiary/aromatic N) is 1. The fourth-order valence-corrected chi connectivity index (χ4v) is 3.38. The van der Waals surface area contributed by atoms with E-state index in [4.69, 9.17) is 4.74 Å². The lowest BCUT2D eigenvalue weighted by Gasteiger charge is -2.33. The van der Waals surface area contributed by atoms with E-state index in [1.54, 1.807) is 7.11 Å². The number of ether oxygens (including phenoxy) is 1. The second-order valence-corrected chi connectivity index (χ2v) is 6.52. The molecule has 1 aromatic carbocycles. The Labute approximate surface area is 129 Å². The van der Waals surface area contributed by atoms with Crippen molar-refractivity contribution in [3.05, 3.63) is 29.8 Å². The largest absolute Gasteiger partial charge is 0.497 e. The number of nitrogens with one attached hydrogen (secondary N) is 1.